The second kappa shape index (κ2) is 5.21. The topological polar surface area (TPSA) is 83.7 Å². The number of rotatable bonds is 4. The Bertz CT molecular complexity index is 520. The van der Waals surface area contributed by atoms with E-state index in [9.17, 15) is 19.3 Å². The van der Waals surface area contributed by atoms with Gasteiger partial charge < -0.3 is 10.0 Å². The summed E-state index contributed by atoms with van der Waals surface area (Å²) in [5.41, 5.74) is -0.423. The second-order valence-electron chi connectivity index (χ2n) is 4.45. The number of carbonyl (C=O) groups is 1. The molecule has 19 heavy (non-hydrogen) atoms. The van der Waals surface area contributed by atoms with Crippen molar-refractivity contribution < 1.29 is 19.2 Å². The van der Waals surface area contributed by atoms with Gasteiger partial charge in [-0.05, 0) is 25.0 Å². The van der Waals surface area contributed by atoms with Crippen molar-refractivity contribution in [2.24, 2.45) is 0 Å². The highest BCUT2D eigenvalue weighted by Gasteiger charge is 2.32. The molecule has 0 spiro atoms. The standard InChI is InChI=1S/C12H13FN2O4/c13-9-4-1-5-10(12(9)15(18)19)14-6-2-3-8(14)7-11(16)17/h1,4-5,8H,2-3,6-7H2,(H,16,17). The van der Waals surface area contributed by atoms with Crippen LogP contribution in [0.4, 0.5) is 15.8 Å². The van der Waals surface area contributed by atoms with Gasteiger partial charge in [0, 0.05) is 12.6 Å². The van der Waals surface area contributed by atoms with E-state index in [1.54, 1.807) is 4.90 Å². The van der Waals surface area contributed by atoms with Crippen LogP contribution in [-0.4, -0.2) is 28.6 Å². The van der Waals surface area contributed by atoms with Crippen molar-refractivity contribution in [3.05, 3.63) is 34.1 Å². The Morgan fingerprint density at radius 3 is 2.95 bits per heavy atom. The van der Waals surface area contributed by atoms with Gasteiger partial charge in [-0.25, -0.2) is 0 Å². The maximum Gasteiger partial charge on any atom is 0.327 e. The average molecular weight is 268 g/mol. The van der Waals surface area contributed by atoms with Crippen LogP contribution in [0, 0.1) is 15.9 Å². The van der Waals surface area contributed by atoms with Gasteiger partial charge in [0.1, 0.15) is 5.69 Å². The molecule has 0 saturated carbocycles. The molecule has 1 heterocycles. The van der Waals surface area contributed by atoms with Crippen molar-refractivity contribution in [3.63, 3.8) is 0 Å². The fourth-order valence-electron chi connectivity index (χ4n) is 2.48. The maximum atomic E-state index is 13.6. The van der Waals surface area contributed by atoms with Crippen LogP contribution < -0.4 is 4.90 Å². The number of anilines is 1. The summed E-state index contributed by atoms with van der Waals surface area (Å²) in [5, 5.41) is 19.8. The molecule has 1 aliphatic rings. The Hall–Kier alpha value is -2.18. The number of carboxylic acids is 1. The molecule has 1 aliphatic heterocycles. The Labute approximate surface area is 108 Å². The van der Waals surface area contributed by atoms with E-state index in [0.717, 1.165) is 12.5 Å². The first kappa shape index (κ1) is 13.3. The molecule has 7 heteroatoms. The molecule has 1 fully saturated rings. The molecule has 0 aliphatic carbocycles. The molecule has 0 bridgehead atoms. The summed E-state index contributed by atoms with van der Waals surface area (Å²) in [6.45, 7) is 0.502. The second-order valence-corrected chi connectivity index (χ2v) is 4.45. The highest BCUT2D eigenvalue weighted by molar-refractivity contribution is 5.70. The molecule has 0 radical (unpaired) electrons. The van der Waals surface area contributed by atoms with Crippen LogP contribution in [0.5, 0.6) is 0 Å². The molecule has 1 aromatic rings. The number of para-hydroxylation sites is 1. The Morgan fingerprint density at radius 2 is 2.32 bits per heavy atom. The van der Waals surface area contributed by atoms with Gasteiger partial charge in [0.15, 0.2) is 0 Å². The predicted molar refractivity (Wildman–Crippen MR) is 65.7 cm³/mol. The minimum Gasteiger partial charge on any atom is -0.481 e. The minimum absolute atomic E-state index is 0.104. The van der Waals surface area contributed by atoms with Crippen LogP contribution in [-0.2, 0) is 4.79 Å². The molecule has 6 nitrogen and oxygen atoms in total. The van der Waals surface area contributed by atoms with E-state index in [-0.39, 0.29) is 18.2 Å². The Kier molecular flexibility index (Phi) is 3.64. The number of hydrogen-bond donors (Lipinski definition) is 1. The number of nitro benzene ring substituents is 1. The summed E-state index contributed by atoms with van der Waals surface area (Å²) < 4.78 is 13.6. The van der Waals surface area contributed by atoms with Crippen molar-refractivity contribution in [1.29, 1.82) is 0 Å². The van der Waals surface area contributed by atoms with Crippen LogP contribution in [0.1, 0.15) is 19.3 Å². The number of halogens is 1. The lowest BCUT2D eigenvalue weighted by Gasteiger charge is -2.25. The van der Waals surface area contributed by atoms with Crippen LogP contribution in [0.15, 0.2) is 18.2 Å². The molecule has 0 aromatic heterocycles. The zero-order chi connectivity index (χ0) is 14.0. The van der Waals surface area contributed by atoms with E-state index in [0.29, 0.717) is 13.0 Å². The molecule has 102 valence electrons. The first-order valence-corrected chi connectivity index (χ1v) is 5.92. The van der Waals surface area contributed by atoms with Gasteiger partial charge in [0.05, 0.1) is 11.3 Å². The normalized spacial score (nSPS) is 18.6. The van der Waals surface area contributed by atoms with E-state index in [1.807, 2.05) is 0 Å². The summed E-state index contributed by atoms with van der Waals surface area (Å²) in [6.07, 6.45) is 1.28. The van der Waals surface area contributed by atoms with Gasteiger partial charge in [-0.15, -0.1) is 0 Å². The molecular weight excluding hydrogens is 255 g/mol. The molecule has 1 saturated heterocycles. The van der Waals surface area contributed by atoms with Crippen LogP contribution in [0.2, 0.25) is 0 Å². The van der Waals surface area contributed by atoms with E-state index in [2.05, 4.69) is 0 Å². The van der Waals surface area contributed by atoms with Crippen molar-refractivity contribution in [2.75, 3.05) is 11.4 Å². The third-order valence-corrected chi connectivity index (χ3v) is 3.24. The highest BCUT2D eigenvalue weighted by atomic mass is 19.1. The first-order chi connectivity index (χ1) is 9.00. The third kappa shape index (κ3) is 2.64. The van der Waals surface area contributed by atoms with Crippen LogP contribution >= 0.6 is 0 Å². The smallest absolute Gasteiger partial charge is 0.327 e. The lowest BCUT2D eigenvalue weighted by Crippen LogP contribution is -2.31. The summed E-state index contributed by atoms with van der Waals surface area (Å²) in [5.74, 6) is -1.86. The number of hydrogen-bond acceptors (Lipinski definition) is 4. The molecule has 1 N–H and O–H groups in total. The highest BCUT2D eigenvalue weighted by Crippen LogP contribution is 2.36. The Morgan fingerprint density at radius 1 is 1.58 bits per heavy atom. The fourth-order valence-corrected chi connectivity index (χ4v) is 2.48. The molecule has 1 aromatic carbocycles. The van der Waals surface area contributed by atoms with E-state index >= 15 is 0 Å². The van der Waals surface area contributed by atoms with Gasteiger partial charge in [0.2, 0.25) is 5.82 Å². The average Bonchev–Trinajstić information content (AvgIpc) is 2.75. The number of carboxylic acid groups (broad SMARTS) is 1. The van der Waals surface area contributed by atoms with E-state index in [4.69, 9.17) is 5.11 Å². The largest absolute Gasteiger partial charge is 0.481 e. The Balaban J connectivity index is 2.38. The molecule has 0 amide bonds. The number of aliphatic carboxylic acids is 1. The van der Waals surface area contributed by atoms with Crippen molar-refractivity contribution in [2.45, 2.75) is 25.3 Å². The van der Waals surface area contributed by atoms with Crippen molar-refractivity contribution in [3.8, 4) is 0 Å². The summed E-state index contributed by atoms with van der Waals surface area (Å²) in [7, 11) is 0. The number of nitrogens with zero attached hydrogens (tertiary/aromatic N) is 2. The van der Waals surface area contributed by atoms with Gasteiger partial charge >= 0.3 is 11.7 Å². The minimum atomic E-state index is -0.962. The monoisotopic (exact) mass is 268 g/mol. The molecule has 2 rings (SSSR count). The molecule has 1 unspecified atom stereocenters. The number of nitro groups is 1. The first-order valence-electron chi connectivity index (χ1n) is 5.92. The maximum absolute atomic E-state index is 13.6. The zero-order valence-electron chi connectivity index (χ0n) is 10.1. The van der Waals surface area contributed by atoms with Gasteiger partial charge in [0.25, 0.3) is 0 Å². The summed E-state index contributed by atoms with van der Waals surface area (Å²) in [6, 6.07) is 3.57. The third-order valence-electron chi connectivity index (χ3n) is 3.24. The van der Waals surface area contributed by atoms with Gasteiger partial charge in [-0.3, -0.25) is 14.9 Å². The van der Waals surface area contributed by atoms with Crippen molar-refractivity contribution in [1.82, 2.24) is 0 Å². The molecular formula is C12H13FN2O4. The lowest BCUT2D eigenvalue weighted by molar-refractivity contribution is -0.386. The van der Waals surface area contributed by atoms with Crippen LogP contribution in [0.3, 0.4) is 0 Å². The zero-order valence-corrected chi connectivity index (χ0v) is 10.1. The fraction of sp³-hybridized carbons (Fsp3) is 0.417. The summed E-state index contributed by atoms with van der Waals surface area (Å²) in [4.78, 5) is 22.6. The van der Waals surface area contributed by atoms with Crippen molar-refractivity contribution >= 4 is 17.3 Å². The van der Waals surface area contributed by atoms with Gasteiger partial charge in [-0.1, -0.05) is 6.07 Å². The molecule has 1 atom stereocenters. The predicted octanol–water partition coefficient (Wildman–Crippen LogP) is 2.18. The van der Waals surface area contributed by atoms with E-state index in [1.165, 1.54) is 12.1 Å². The number of benzene rings is 1. The van der Waals surface area contributed by atoms with E-state index < -0.39 is 22.4 Å². The quantitative estimate of drug-likeness (QED) is 0.668. The SMILES string of the molecule is O=C(O)CC1CCCN1c1cccc(F)c1[N+](=O)[O-]. The summed E-state index contributed by atoms with van der Waals surface area (Å²) >= 11 is 0. The lowest BCUT2D eigenvalue weighted by atomic mass is 10.1. The van der Waals surface area contributed by atoms with Crippen LogP contribution in [0.25, 0.3) is 0 Å². The van der Waals surface area contributed by atoms with Gasteiger partial charge in [-0.2, -0.15) is 4.39 Å².